The summed E-state index contributed by atoms with van der Waals surface area (Å²) in [5.74, 6) is 0.774. The van der Waals surface area contributed by atoms with E-state index >= 15 is 0 Å². The molecule has 0 aromatic heterocycles. The Morgan fingerprint density at radius 2 is 1.75 bits per heavy atom. The Hall–Kier alpha value is -0.520. The lowest BCUT2D eigenvalue weighted by Crippen LogP contribution is -1.89. The molecule has 1 unspecified atom stereocenters. The van der Waals surface area contributed by atoms with Gasteiger partial charge in [-0.15, -0.1) is 6.58 Å². The highest BCUT2D eigenvalue weighted by molar-refractivity contribution is 4.86. The molecular formula is C16H30. The fraction of sp³-hybridized carbons (Fsp3) is 0.750. The Morgan fingerprint density at radius 3 is 2.44 bits per heavy atom. The molecule has 0 heteroatoms. The predicted octanol–water partition coefficient (Wildman–Crippen LogP) is 5.90. The van der Waals surface area contributed by atoms with Gasteiger partial charge in [-0.3, -0.25) is 0 Å². The summed E-state index contributed by atoms with van der Waals surface area (Å²) in [6.45, 7) is 8.34. The van der Waals surface area contributed by atoms with Crippen molar-refractivity contribution in [3.05, 3.63) is 24.8 Å². The van der Waals surface area contributed by atoms with Crippen LogP contribution in [0.1, 0.15) is 71.6 Å². The minimum Gasteiger partial charge on any atom is -0.103 e. The molecule has 0 radical (unpaired) electrons. The second-order valence-corrected chi connectivity index (χ2v) is 4.83. The summed E-state index contributed by atoms with van der Waals surface area (Å²) in [6.07, 6.45) is 18.7. The fourth-order valence-corrected chi connectivity index (χ4v) is 1.86. The molecule has 0 aliphatic carbocycles. The lowest BCUT2D eigenvalue weighted by molar-refractivity contribution is 0.554. The van der Waals surface area contributed by atoms with Gasteiger partial charge in [0.05, 0.1) is 0 Å². The molecule has 0 aliphatic rings. The molecule has 0 amide bonds. The van der Waals surface area contributed by atoms with Crippen molar-refractivity contribution >= 4 is 0 Å². The van der Waals surface area contributed by atoms with Gasteiger partial charge in [0.2, 0.25) is 0 Å². The lowest BCUT2D eigenvalue weighted by atomic mass is 10.0. The van der Waals surface area contributed by atoms with E-state index in [2.05, 4.69) is 32.6 Å². The summed E-state index contributed by atoms with van der Waals surface area (Å²) in [6, 6.07) is 0. The molecular weight excluding hydrogens is 192 g/mol. The molecule has 0 aromatic carbocycles. The average molecular weight is 222 g/mol. The van der Waals surface area contributed by atoms with Crippen molar-refractivity contribution in [1.82, 2.24) is 0 Å². The number of unbranched alkanes of at least 4 members (excludes halogenated alkanes) is 6. The van der Waals surface area contributed by atoms with Crippen molar-refractivity contribution in [2.24, 2.45) is 5.92 Å². The third kappa shape index (κ3) is 11.6. The van der Waals surface area contributed by atoms with Crippen LogP contribution >= 0.6 is 0 Å². The van der Waals surface area contributed by atoms with Gasteiger partial charge in [0.15, 0.2) is 0 Å². The van der Waals surface area contributed by atoms with Crippen molar-refractivity contribution in [3.8, 4) is 0 Å². The third-order valence-corrected chi connectivity index (χ3v) is 3.01. The monoisotopic (exact) mass is 222 g/mol. The molecule has 0 N–H and O–H groups in total. The first-order valence-corrected chi connectivity index (χ1v) is 7.08. The molecule has 94 valence electrons. The van der Waals surface area contributed by atoms with E-state index in [0.29, 0.717) is 0 Å². The van der Waals surface area contributed by atoms with Crippen molar-refractivity contribution < 1.29 is 0 Å². The van der Waals surface area contributed by atoms with E-state index in [1.165, 1.54) is 57.8 Å². The zero-order valence-electron chi connectivity index (χ0n) is 11.4. The van der Waals surface area contributed by atoms with Gasteiger partial charge in [-0.05, 0) is 31.6 Å². The van der Waals surface area contributed by atoms with E-state index in [9.17, 15) is 0 Å². The largest absolute Gasteiger partial charge is 0.103 e. The van der Waals surface area contributed by atoms with Crippen LogP contribution in [0.4, 0.5) is 0 Å². The van der Waals surface area contributed by atoms with E-state index in [4.69, 9.17) is 0 Å². The highest BCUT2D eigenvalue weighted by atomic mass is 14.0. The van der Waals surface area contributed by atoms with Gasteiger partial charge in [-0.2, -0.15) is 0 Å². The lowest BCUT2D eigenvalue weighted by Gasteiger charge is -2.05. The second-order valence-electron chi connectivity index (χ2n) is 4.83. The smallest absolute Gasteiger partial charge is 0.0262 e. The first kappa shape index (κ1) is 15.5. The first-order chi connectivity index (χ1) is 7.81. The summed E-state index contributed by atoms with van der Waals surface area (Å²) in [5, 5.41) is 0. The van der Waals surface area contributed by atoms with Gasteiger partial charge >= 0.3 is 0 Å². The van der Waals surface area contributed by atoms with E-state index in [0.717, 1.165) is 5.92 Å². The van der Waals surface area contributed by atoms with Gasteiger partial charge < -0.3 is 0 Å². The molecule has 0 heterocycles. The van der Waals surface area contributed by atoms with Crippen LogP contribution in [0.25, 0.3) is 0 Å². The van der Waals surface area contributed by atoms with E-state index in [-0.39, 0.29) is 0 Å². The number of allylic oxidation sites excluding steroid dienone is 3. The summed E-state index contributed by atoms with van der Waals surface area (Å²) in [5.41, 5.74) is 0. The second kappa shape index (κ2) is 12.5. The molecule has 0 bridgehead atoms. The first-order valence-electron chi connectivity index (χ1n) is 7.08. The molecule has 16 heavy (non-hydrogen) atoms. The maximum absolute atomic E-state index is 3.75. The van der Waals surface area contributed by atoms with Gasteiger partial charge in [0.1, 0.15) is 0 Å². The van der Waals surface area contributed by atoms with Crippen LogP contribution < -0.4 is 0 Å². The maximum Gasteiger partial charge on any atom is -0.0262 e. The van der Waals surface area contributed by atoms with Crippen LogP contribution in [0.2, 0.25) is 0 Å². The van der Waals surface area contributed by atoms with E-state index in [1.807, 2.05) is 6.08 Å². The summed E-state index contributed by atoms with van der Waals surface area (Å²) >= 11 is 0. The Balaban J connectivity index is 3.25. The zero-order chi connectivity index (χ0) is 12.1. The maximum atomic E-state index is 3.75. The van der Waals surface area contributed by atoms with Crippen molar-refractivity contribution in [1.29, 1.82) is 0 Å². The van der Waals surface area contributed by atoms with Crippen molar-refractivity contribution in [3.63, 3.8) is 0 Å². The molecule has 0 nitrogen and oxygen atoms in total. The minimum atomic E-state index is 0.774. The van der Waals surface area contributed by atoms with E-state index in [1.54, 1.807) is 0 Å². The standard InChI is InChI=1S/C16H30/c1-4-6-8-10-11-13-15-16(3)14-12-9-7-5-2/h4,12,14,16H,1,5-11,13,15H2,2-3H3. The average Bonchev–Trinajstić information content (AvgIpc) is 2.29. The van der Waals surface area contributed by atoms with Crippen LogP contribution in [0.5, 0.6) is 0 Å². The fourth-order valence-electron chi connectivity index (χ4n) is 1.86. The normalized spacial score (nSPS) is 13.1. The van der Waals surface area contributed by atoms with Gasteiger partial charge in [-0.1, -0.05) is 64.2 Å². The highest BCUT2D eigenvalue weighted by Gasteiger charge is 1.96. The topological polar surface area (TPSA) is 0 Å². The third-order valence-electron chi connectivity index (χ3n) is 3.01. The molecule has 0 fully saturated rings. The minimum absolute atomic E-state index is 0.774. The Kier molecular flexibility index (Phi) is 12.1. The molecule has 1 atom stereocenters. The molecule has 0 aromatic rings. The Bertz CT molecular complexity index is 167. The van der Waals surface area contributed by atoms with Crippen LogP contribution in [-0.2, 0) is 0 Å². The molecule has 0 saturated carbocycles. The van der Waals surface area contributed by atoms with Crippen LogP contribution in [-0.4, -0.2) is 0 Å². The van der Waals surface area contributed by atoms with Crippen molar-refractivity contribution in [2.75, 3.05) is 0 Å². The van der Waals surface area contributed by atoms with Crippen LogP contribution in [0, 0.1) is 5.92 Å². The van der Waals surface area contributed by atoms with Crippen LogP contribution in [0.3, 0.4) is 0 Å². The highest BCUT2D eigenvalue weighted by Crippen LogP contribution is 2.13. The van der Waals surface area contributed by atoms with Crippen molar-refractivity contribution in [2.45, 2.75) is 71.6 Å². The summed E-state index contributed by atoms with van der Waals surface area (Å²) in [4.78, 5) is 0. The van der Waals surface area contributed by atoms with E-state index < -0.39 is 0 Å². The molecule has 0 saturated heterocycles. The summed E-state index contributed by atoms with van der Waals surface area (Å²) < 4.78 is 0. The molecule has 0 aliphatic heterocycles. The Labute approximate surface area is 103 Å². The summed E-state index contributed by atoms with van der Waals surface area (Å²) in [7, 11) is 0. The number of rotatable bonds is 11. The zero-order valence-corrected chi connectivity index (χ0v) is 11.4. The number of hydrogen-bond donors (Lipinski definition) is 0. The van der Waals surface area contributed by atoms with Gasteiger partial charge in [-0.25, -0.2) is 0 Å². The molecule has 0 rings (SSSR count). The molecule has 0 spiro atoms. The van der Waals surface area contributed by atoms with Gasteiger partial charge in [0.25, 0.3) is 0 Å². The quantitative estimate of drug-likeness (QED) is 0.302. The Morgan fingerprint density at radius 1 is 1.00 bits per heavy atom. The van der Waals surface area contributed by atoms with Crippen LogP contribution in [0.15, 0.2) is 24.8 Å². The van der Waals surface area contributed by atoms with Gasteiger partial charge in [0, 0.05) is 0 Å². The SMILES string of the molecule is C=CCCCCCCC(C)C=CCCCC. The predicted molar refractivity (Wildman–Crippen MR) is 75.7 cm³/mol. The number of hydrogen-bond acceptors (Lipinski definition) is 0.